The lowest BCUT2D eigenvalue weighted by Crippen LogP contribution is -2.60. The Morgan fingerprint density at radius 2 is 1.52 bits per heavy atom. The van der Waals surface area contributed by atoms with Crippen molar-refractivity contribution in [1.29, 1.82) is 0 Å². The molecule has 0 radical (unpaired) electrons. The SMILES string of the molecule is CC(=O)NC1C[C@H](O[C@H](O)CO)C(CO)O[C@H]1O[C@H]1CC(NC(C)=O)[C@H](C)OC1CO. The summed E-state index contributed by atoms with van der Waals surface area (Å²) < 4.78 is 23.0. The Labute approximate surface area is 180 Å². The molecule has 2 rings (SSSR count). The summed E-state index contributed by atoms with van der Waals surface area (Å²) in [5.74, 6) is -0.580. The highest BCUT2D eigenvalue weighted by Gasteiger charge is 2.44. The molecular weight excluding hydrogens is 416 g/mol. The molecule has 31 heavy (non-hydrogen) atoms. The third kappa shape index (κ3) is 7.32. The van der Waals surface area contributed by atoms with Crippen molar-refractivity contribution < 1.29 is 49.0 Å². The van der Waals surface area contributed by atoms with Gasteiger partial charge in [0.05, 0.1) is 50.2 Å². The summed E-state index contributed by atoms with van der Waals surface area (Å²) in [7, 11) is 0. The highest BCUT2D eigenvalue weighted by molar-refractivity contribution is 5.73. The molecule has 12 nitrogen and oxygen atoms in total. The number of carbonyl (C=O) groups is 2. The second kappa shape index (κ2) is 12.0. The van der Waals surface area contributed by atoms with Gasteiger partial charge in [-0.15, -0.1) is 0 Å². The van der Waals surface area contributed by atoms with Crippen LogP contribution in [0.25, 0.3) is 0 Å². The van der Waals surface area contributed by atoms with Gasteiger partial charge in [-0.25, -0.2) is 0 Å². The maximum atomic E-state index is 11.7. The summed E-state index contributed by atoms with van der Waals surface area (Å²) in [4.78, 5) is 23.2. The number of nitrogens with one attached hydrogen (secondary N) is 2. The fraction of sp³-hybridized carbons (Fsp3) is 0.895. The molecule has 4 unspecified atom stereocenters. The van der Waals surface area contributed by atoms with Crippen LogP contribution in [-0.4, -0.2) is 107 Å². The second-order valence-corrected chi connectivity index (χ2v) is 7.86. The van der Waals surface area contributed by atoms with Crippen molar-refractivity contribution in [2.45, 2.75) is 88.8 Å². The maximum Gasteiger partial charge on any atom is 0.217 e. The van der Waals surface area contributed by atoms with Gasteiger partial charge in [-0.05, 0) is 13.3 Å². The first-order valence-electron chi connectivity index (χ1n) is 10.3. The van der Waals surface area contributed by atoms with Gasteiger partial charge in [-0.2, -0.15) is 0 Å². The second-order valence-electron chi connectivity index (χ2n) is 7.86. The molecule has 0 aromatic rings. The summed E-state index contributed by atoms with van der Waals surface area (Å²) in [5.41, 5.74) is 0. The van der Waals surface area contributed by atoms with Gasteiger partial charge in [-0.3, -0.25) is 9.59 Å². The number of rotatable bonds is 9. The highest BCUT2D eigenvalue weighted by Crippen LogP contribution is 2.29. The summed E-state index contributed by atoms with van der Waals surface area (Å²) >= 11 is 0. The maximum absolute atomic E-state index is 11.7. The standard InChI is InChI=1S/C19H34N2O10/c1-9-12(20-10(2)25)4-15(16(6-22)28-9)30-19-13(21-11(3)26)5-14(17(7-23)31-19)29-18(27)8-24/h9,12-19,22-24,27H,4-8H2,1-3H3,(H,20,25)(H,21,26)/t9-,12?,13?,14-,15-,16?,17?,18-,19+/m0/s1. The molecule has 0 bridgehead atoms. The summed E-state index contributed by atoms with van der Waals surface area (Å²) in [6.07, 6.45) is -5.41. The normalized spacial score (nSPS) is 37.1. The molecule has 6 N–H and O–H groups in total. The van der Waals surface area contributed by atoms with E-state index in [4.69, 9.17) is 24.1 Å². The van der Waals surface area contributed by atoms with E-state index in [1.165, 1.54) is 13.8 Å². The molecule has 12 heteroatoms. The summed E-state index contributed by atoms with van der Waals surface area (Å²) in [6.45, 7) is 3.09. The minimum absolute atomic E-state index is 0.134. The van der Waals surface area contributed by atoms with E-state index in [-0.39, 0.29) is 37.0 Å². The van der Waals surface area contributed by atoms with Crippen molar-refractivity contribution in [3.05, 3.63) is 0 Å². The van der Waals surface area contributed by atoms with E-state index in [9.17, 15) is 24.9 Å². The number of hydrogen-bond acceptors (Lipinski definition) is 10. The fourth-order valence-electron chi connectivity index (χ4n) is 3.90. The Morgan fingerprint density at radius 1 is 0.968 bits per heavy atom. The predicted molar refractivity (Wildman–Crippen MR) is 104 cm³/mol. The number of aliphatic hydroxyl groups is 4. The molecule has 0 spiro atoms. The van der Waals surface area contributed by atoms with Crippen LogP contribution in [-0.2, 0) is 28.5 Å². The first kappa shape index (κ1) is 25.9. The number of hydrogen-bond donors (Lipinski definition) is 6. The monoisotopic (exact) mass is 450 g/mol. The smallest absolute Gasteiger partial charge is 0.217 e. The lowest BCUT2D eigenvalue weighted by atomic mass is 9.95. The van der Waals surface area contributed by atoms with E-state index in [0.717, 1.165) is 0 Å². The molecule has 0 aliphatic carbocycles. The van der Waals surface area contributed by atoms with E-state index in [1.807, 2.05) is 0 Å². The van der Waals surface area contributed by atoms with Gasteiger partial charge in [0.1, 0.15) is 12.2 Å². The minimum Gasteiger partial charge on any atom is -0.394 e. The first-order valence-corrected chi connectivity index (χ1v) is 10.3. The van der Waals surface area contributed by atoms with Crippen molar-refractivity contribution in [3.8, 4) is 0 Å². The van der Waals surface area contributed by atoms with Crippen LogP contribution in [0, 0.1) is 0 Å². The molecule has 2 fully saturated rings. The molecule has 0 aromatic heterocycles. The summed E-state index contributed by atoms with van der Waals surface area (Å²) in [6, 6.07) is -1.05. The largest absolute Gasteiger partial charge is 0.394 e. The van der Waals surface area contributed by atoms with Crippen LogP contribution in [0.5, 0.6) is 0 Å². The average molecular weight is 450 g/mol. The Bertz CT molecular complexity index is 594. The van der Waals surface area contributed by atoms with E-state index in [1.54, 1.807) is 6.92 Å². The summed E-state index contributed by atoms with van der Waals surface area (Å²) in [5, 5.41) is 43.6. The van der Waals surface area contributed by atoms with Crippen LogP contribution in [0.3, 0.4) is 0 Å². The zero-order chi connectivity index (χ0) is 23.1. The average Bonchev–Trinajstić information content (AvgIpc) is 2.70. The predicted octanol–water partition coefficient (Wildman–Crippen LogP) is -2.65. The quantitative estimate of drug-likeness (QED) is 0.204. The van der Waals surface area contributed by atoms with Gasteiger partial charge in [0, 0.05) is 20.3 Å². The van der Waals surface area contributed by atoms with E-state index < -0.39 is 56.3 Å². The Kier molecular flexibility index (Phi) is 10.0. The van der Waals surface area contributed by atoms with Crippen LogP contribution >= 0.6 is 0 Å². The van der Waals surface area contributed by atoms with Crippen molar-refractivity contribution in [2.24, 2.45) is 0 Å². The van der Waals surface area contributed by atoms with Gasteiger partial charge < -0.3 is 50.0 Å². The highest BCUT2D eigenvalue weighted by atomic mass is 16.7. The fourth-order valence-corrected chi connectivity index (χ4v) is 3.90. The molecule has 9 atom stereocenters. The van der Waals surface area contributed by atoms with Crippen LogP contribution < -0.4 is 10.6 Å². The van der Waals surface area contributed by atoms with Gasteiger partial charge in [0.15, 0.2) is 12.6 Å². The molecule has 2 aliphatic rings. The van der Waals surface area contributed by atoms with Crippen molar-refractivity contribution in [2.75, 3.05) is 19.8 Å². The topological polar surface area (TPSA) is 176 Å². The minimum atomic E-state index is -1.47. The third-order valence-electron chi connectivity index (χ3n) is 5.33. The van der Waals surface area contributed by atoms with Crippen molar-refractivity contribution in [3.63, 3.8) is 0 Å². The van der Waals surface area contributed by atoms with E-state index >= 15 is 0 Å². The van der Waals surface area contributed by atoms with E-state index in [0.29, 0.717) is 6.42 Å². The lowest BCUT2D eigenvalue weighted by molar-refractivity contribution is -0.299. The molecule has 2 aliphatic heterocycles. The lowest BCUT2D eigenvalue weighted by Gasteiger charge is -2.45. The van der Waals surface area contributed by atoms with Crippen LogP contribution in [0.2, 0.25) is 0 Å². The van der Waals surface area contributed by atoms with Crippen LogP contribution in [0.15, 0.2) is 0 Å². The molecule has 0 saturated carbocycles. The molecule has 0 aromatic carbocycles. The van der Waals surface area contributed by atoms with Gasteiger partial charge >= 0.3 is 0 Å². The molecule has 2 heterocycles. The van der Waals surface area contributed by atoms with E-state index in [2.05, 4.69) is 10.6 Å². The molecule has 2 saturated heterocycles. The first-order chi connectivity index (χ1) is 14.7. The van der Waals surface area contributed by atoms with Gasteiger partial charge in [0.25, 0.3) is 0 Å². The van der Waals surface area contributed by atoms with Crippen molar-refractivity contribution >= 4 is 11.8 Å². The van der Waals surface area contributed by atoms with Crippen molar-refractivity contribution in [1.82, 2.24) is 10.6 Å². The van der Waals surface area contributed by atoms with Crippen LogP contribution in [0.1, 0.15) is 33.6 Å². The molecule has 180 valence electrons. The third-order valence-corrected chi connectivity index (χ3v) is 5.33. The number of amides is 2. The molecular formula is C19H34N2O10. The zero-order valence-electron chi connectivity index (χ0n) is 18.0. The Hall–Kier alpha value is -1.38. The van der Waals surface area contributed by atoms with Gasteiger partial charge in [0.2, 0.25) is 11.8 Å². The number of ether oxygens (including phenoxy) is 4. The zero-order valence-corrected chi connectivity index (χ0v) is 18.0. The number of carbonyl (C=O) groups excluding carboxylic acids is 2. The Morgan fingerprint density at radius 3 is 2.06 bits per heavy atom. The van der Waals surface area contributed by atoms with Crippen LogP contribution in [0.4, 0.5) is 0 Å². The Balaban J connectivity index is 2.16. The molecule has 2 amide bonds. The van der Waals surface area contributed by atoms with Gasteiger partial charge in [-0.1, -0.05) is 0 Å². The number of aliphatic hydroxyl groups excluding tert-OH is 4.